The summed E-state index contributed by atoms with van der Waals surface area (Å²) in [5, 5.41) is 12.9. The maximum Gasteiger partial charge on any atom is 0.220 e. The fourth-order valence-electron chi connectivity index (χ4n) is 4.31. The second kappa shape index (κ2) is 12.4. The lowest BCUT2D eigenvalue weighted by atomic mass is 9.98. The van der Waals surface area contributed by atoms with Gasteiger partial charge < -0.3 is 9.73 Å². The molecule has 192 valence electrons. The summed E-state index contributed by atoms with van der Waals surface area (Å²) in [5.41, 5.74) is 4.46. The van der Waals surface area contributed by atoms with E-state index in [0.29, 0.717) is 18.0 Å². The van der Waals surface area contributed by atoms with Crippen molar-refractivity contribution in [3.8, 4) is 17.3 Å². The van der Waals surface area contributed by atoms with Gasteiger partial charge in [0.1, 0.15) is 0 Å². The molecule has 0 saturated heterocycles. The Bertz CT molecular complexity index is 1430. The number of thioether (sulfide) groups is 1. The molecule has 1 N–H and O–H groups in total. The Morgan fingerprint density at radius 3 is 2.37 bits per heavy atom. The van der Waals surface area contributed by atoms with Gasteiger partial charge in [-0.15, -0.1) is 10.2 Å². The molecular weight excluding hydrogens is 492 g/mol. The average Bonchev–Trinajstić information content (AvgIpc) is 3.63. The third-order valence-corrected chi connectivity index (χ3v) is 7.28. The smallest absolute Gasteiger partial charge is 0.220 e. The zero-order valence-corrected chi connectivity index (χ0v) is 22.1. The van der Waals surface area contributed by atoms with Crippen LogP contribution in [0.2, 0.25) is 0 Å². The summed E-state index contributed by atoms with van der Waals surface area (Å²) in [4.78, 5) is 12.9. The number of amides is 1. The van der Waals surface area contributed by atoms with E-state index in [4.69, 9.17) is 4.42 Å². The zero-order valence-electron chi connectivity index (χ0n) is 21.3. The van der Waals surface area contributed by atoms with Gasteiger partial charge in [-0.3, -0.25) is 9.36 Å². The van der Waals surface area contributed by atoms with E-state index < -0.39 is 0 Å². The van der Waals surface area contributed by atoms with Gasteiger partial charge in [0.25, 0.3) is 0 Å². The SMILES string of the molecule is Cc1ccc(-n2c(SCCCC(=O)NC(Cc3ccccc3)c3ccccc3)nnc2-c2ccco2)cc1. The van der Waals surface area contributed by atoms with Gasteiger partial charge in [-0.25, -0.2) is 0 Å². The van der Waals surface area contributed by atoms with E-state index in [-0.39, 0.29) is 11.9 Å². The van der Waals surface area contributed by atoms with Gasteiger partial charge in [0.05, 0.1) is 12.3 Å². The highest BCUT2D eigenvalue weighted by molar-refractivity contribution is 7.99. The topological polar surface area (TPSA) is 73.0 Å². The summed E-state index contributed by atoms with van der Waals surface area (Å²) < 4.78 is 7.61. The lowest BCUT2D eigenvalue weighted by molar-refractivity contribution is -0.121. The van der Waals surface area contributed by atoms with Gasteiger partial charge >= 0.3 is 0 Å². The highest BCUT2D eigenvalue weighted by Gasteiger charge is 2.19. The van der Waals surface area contributed by atoms with E-state index in [1.807, 2.05) is 53.1 Å². The van der Waals surface area contributed by atoms with Gasteiger partial charge in [-0.1, -0.05) is 90.1 Å². The fraction of sp³-hybridized carbons (Fsp3) is 0.194. The van der Waals surface area contributed by atoms with Crippen molar-refractivity contribution in [1.29, 1.82) is 0 Å². The molecule has 1 amide bonds. The molecule has 0 spiro atoms. The van der Waals surface area contributed by atoms with Crippen LogP contribution in [0.1, 0.15) is 35.6 Å². The minimum Gasteiger partial charge on any atom is -0.461 e. The number of furan rings is 1. The average molecular weight is 523 g/mol. The molecule has 2 heterocycles. The first kappa shape index (κ1) is 25.5. The molecule has 1 atom stereocenters. The maximum absolute atomic E-state index is 12.9. The molecule has 2 aromatic heterocycles. The Balaban J connectivity index is 1.22. The second-order valence-corrected chi connectivity index (χ2v) is 10.2. The number of rotatable bonds is 11. The summed E-state index contributed by atoms with van der Waals surface area (Å²) in [6, 6.07) is 32.3. The first-order valence-corrected chi connectivity index (χ1v) is 13.7. The molecule has 5 rings (SSSR count). The monoisotopic (exact) mass is 522 g/mol. The molecule has 1 unspecified atom stereocenters. The lowest BCUT2D eigenvalue weighted by Gasteiger charge is -2.19. The van der Waals surface area contributed by atoms with Crippen molar-refractivity contribution in [3.63, 3.8) is 0 Å². The lowest BCUT2D eigenvalue weighted by Crippen LogP contribution is -2.29. The Hall–Kier alpha value is -4.10. The second-order valence-electron chi connectivity index (χ2n) is 9.13. The third-order valence-electron chi connectivity index (χ3n) is 6.27. The number of hydrogen-bond acceptors (Lipinski definition) is 5. The van der Waals surface area contributed by atoms with E-state index in [9.17, 15) is 4.79 Å². The maximum atomic E-state index is 12.9. The molecule has 0 aliphatic heterocycles. The van der Waals surface area contributed by atoms with Crippen molar-refractivity contribution in [2.24, 2.45) is 0 Å². The van der Waals surface area contributed by atoms with Crippen LogP contribution in [0.15, 0.2) is 113 Å². The molecule has 0 saturated carbocycles. The van der Waals surface area contributed by atoms with Gasteiger partial charge in [-0.2, -0.15) is 0 Å². The first-order valence-electron chi connectivity index (χ1n) is 12.7. The summed E-state index contributed by atoms with van der Waals surface area (Å²) in [6.45, 7) is 2.06. The van der Waals surface area contributed by atoms with Crippen LogP contribution in [0.25, 0.3) is 17.3 Å². The van der Waals surface area contributed by atoms with Gasteiger partial charge in [-0.05, 0) is 55.2 Å². The number of carbonyl (C=O) groups is 1. The number of nitrogens with zero attached hydrogens (tertiary/aromatic N) is 3. The molecule has 0 fully saturated rings. The number of nitrogens with one attached hydrogen (secondary N) is 1. The Labute approximate surface area is 227 Å². The van der Waals surface area contributed by atoms with Crippen LogP contribution in [0.5, 0.6) is 0 Å². The predicted molar refractivity (Wildman–Crippen MR) is 151 cm³/mol. The van der Waals surface area contributed by atoms with E-state index in [2.05, 4.69) is 71.0 Å². The summed E-state index contributed by atoms with van der Waals surface area (Å²) in [7, 11) is 0. The van der Waals surface area contributed by atoms with Gasteiger partial charge in [0, 0.05) is 17.9 Å². The van der Waals surface area contributed by atoms with Crippen LogP contribution in [0.3, 0.4) is 0 Å². The fourth-order valence-corrected chi connectivity index (χ4v) is 5.20. The summed E-state index contributed by atoms with van der Waals surface area (Å²) >= 11 is 1.59. The number of benzene rings is 3. The number of hydrogen-bond donors (Lipinski definition) is 1. The van der Waals surface area contributed by atoms with Crippen molar-refractivity contribution >= 4 is 17.7 Å². The highest BCUT2D eigenvalue weighted by atomic mass is 32.2. The van der Waals surface area contributed by atoms with Gasteiger partial charge in [0.2, 0.25) is 11.7 Å². The quantitative estimate of drug-likeness (QED) is 0.152. The molecule has 0 aliphatic carbocycles. The number of aromatic nitrogens is 3. The molecule has 5 aromatic rings. The number of aryl methyl sites for hydroxylation is 1. The van der Waals surface area contributed by atoms with Crippen molar-refractivity contribution in [2.75, 3.05) is 5.75 Å². The van der Waals surface area contributed by atoms with Crippen molar-refractivity contribution in [2.45, 2.75) is 37.4 Å². The van der Waals surface area contributed by atoms with Crippen LogP contribution in [-0.2, 0) is 11.2 Å². The highest BCUT2D eigenvalue weighted by Crippen LogP contribution is 2.29. The van der Waals surface area contributed by atoms with Crippen molar-refractivity contribution in [3.05, 3.63) is 120 Å². The third kappa shape index (κ3) is 6.42. The number of carbonyl (C=O) groups excluding carboxylic acids is 1. The van der Waals surface area contributed by atoms with E-state index in [0.717, 1.165) is 35.0 Å². The molecule has 0 radical (unpaired) electrons. The Morgan fingerprint density at radius 2 is 1.66 bits per heavy atom. The van der Waals surface area contributed by atoms with E-state index in [1.165, 1.54) is 11.1 Å². The normalized spacial score (nSPS) is 11.8. The van der Waals surface area contributed by atoms with Crippen LogP contribution in [0.4, 0.5) is 0 Å². The molecule has 0 bridgehead atoms. The van der Waals surface area contributed by atoms with E-state index in [1.54, 1.807) is 18.0 Å². The zero-order chi connectivity index (χ0) is 26.2. The first-order chi connectivity index (χ1) is 18.7. The van der Waals surface area contributed by atoms with Gasteiger partial charge in [0.15, 0.2) is 10.9 Å². The van der Waals surface area contributed by atoms with Crippen LogP contribution < -0.4 is 5.32 Å². The minimum atomic E-state index is -0.0701. The standard InChI is InChI=1S/C31H30N4O2S/c1-23-16-18-26(19-17-23)35-30(28-14-8-20-37-28)33-34-31(35)38-21-9-15-29(36)32-27(25-12-6-3-7-13-25)22-24-10-4-2-5-11-24/h2-8,10-14,16-20,27H,9,15,21-22H2,1H3,(H,32,36). The Morgan fingerprint density at radius 1 is 0.921 bits per heavy atom. The largest absolute Gasteiger partial charge is 0.461 e. The molecule has 3 aromatic carbocycles. The molecule has 6 nitrogen and oxygen atoms in total. The van der Waals surface area contributed by atoms with Crippen LogP contribution >= 0.6 is 11.8 Å². The molecule has 38 heavy (non-hydrogen) atoms. The van der Waals surface area contributed by atoms with Crippen molar-refractivity contribution < 1.29 is 9.21 Å². The van der Waals surface area contributed by atoms with Crippen LogP contribution in [0, 0.1) is 6.92 Å². The minimum absolute atomic E-state index is 0.0478. The Kier molecular flexibility index (Phi) is 8.36. The van der Waals surface area contributed by atoms with Crippen LogP contribution in [-0.4, -0.2) is 26.4 Å². The molecular formula is C31H30N4O2S. The van der Waals surface area contributed by atoms with E-state index >= 15 is 0 Å². The summed E-state index contributed by atoms with van der Waals surface area (Å²) in [5.74, 6) is 2.11. The molecule has 0 aliphatic rings. The summed E-state index contributed by atoms with van der Waals surface area (Å²) in [6.07, 6.45) is 3.55. The van der Waals surface area contributed by atoms with Crippen molar-refractivity contribution in [1.82, 2.24) is 20.1 Å². The predicted octanol–water partition coefficient (Wildman–Crippen LogP) is 6.81. The molecule has 7 heteroatoms.